The second kappa shape index (κ2) is 6.59. The van der Waals surface area contributed by atoms with Gasteiger partial charge in [0.05, 0.1) is 11.6 Å². The van der Waals surface area contributed by atoms with E-state index in [1.54, 1.807) is 0 Å². The van der Waals surface area contributed by atoms with Gasteiger partial charge < -0.3 is 15.6 Å². The van der Waals surface area contributed by atoms with Gasteiger partial charge in [0.25, 0.3) is 0 Å². The second-order valence-electron chi connectivity index (χ2n) is 4.42. The third-order valence-corrected chi connectivity index (χ3v) is 3.31. The van der Waals surface area contributed by atoms with Gasteiger partial charge in [0, 0.05) is 29.7 Å². The van der Waals surface area contributed by atoms with Crippen molar-refractivity contribution in [2.45, 2.75) is 19.9 Å². The van der Waals surface area contributed by atoms with Crippen molar-refractivity contribution in [3.63, 3.8) is 0 Å². The van der Waals surface area contributed by atoms with Crippen molar-refractivity contribution in [2.24, 2.45) is 0 Å². The summed E-state index contributed by atoms with van der Waals surface area (Å²) < 4.78 is 0. The lowest BCUT2D eigenvalue weighted by atomic mass is 10.2. The van der Waals surface area contributed by atoms with Crippen LogP contribution < -0.4 is 10.6 Å². The fourth-order valence-electron chi connectivity index (χ4n) is 1.91. The normalized spacial score (nSPS) is 10.8. The van der Waals surface area contributed by atoms with Crippen molar-refractivity contribution < 1.29 is 4.79 Å². The van der Waals surface area contributed by atoms with Crippen molar-refractivity contribution in [3.8, 4) is 0 Å². The lowest BCUT2D eigenvalue weighted by Crippen LogP contribution is -2.34. The van der Waals surface area contributed by atoms with E-state index in [1.165, 1.54) is 0 Å². The number of para-hydroxylation sites is 1. The number of halogens is 1. The number of aromatic amines is 1. The molecule has 1 amide bonds. The van der Waals surface area contributed by atoms with E-state index in [4.69, 9.17) is 11.6 Å². The number of H-pyrrole nitrogens is 1. The summed E-state index contributed by atoms with van der Waals surface area (Å²) in [5.41, 5.74) is 1.92. The molecule has 19 heavy (non-hydrogen) atoms. The largest absolute Gasteiger partial charge is 0.356 e. The van der Waals surface area contributed by atoms with E-state index in [1.807, 2.05) is 31.2 Å². The molecule has 0 fully saturated rings. The molecule has 0 atom stereocenters. The molecular formula is C14H18ClN3O. The third kappa shape index (κ3) is 3.49. The Morgan fingerprint density at radius 3 is 2.89 bits per heavy atom. The molecule has 1 aromatic carbocycles. The minimum absolute atomic E-state index is 0.00841. The number of aromatic nitrogens is 1. The minimum atomic E-state index is 0.00841. The third-order valence-electron chi connectivity index (χ3n) is 2.87. The number of rotatable bonds is 6. The van der Waals surface area contributed by atoms with Gasteiger partial charge in [0.15, 0.2) is 0 Å². The van der Waals surface area contributed by atoms with E-state index in [-0.39, 0.29) is 5.91 Å². The molecule has 0 aliphatic carbocycles. The predicted octanol–water partition coefficient (Wildman–Crippen LogP) is 2.44. The average molecular weight is 280 g/mol. The van der Waals surface area contributed by atoms with Gasteiger partial charge in [-0.2, -0.15) is 0 Å². The quantitative estimate of drug-likeness (QED) is 0.761. The van der Waals surface area contributed by atoms with Gasteiger partial charge in [-0.3, -0.25) is 4.79 Å². The SMILES string of the molecule is CCCNC(=O)CNCc1[nH]c2ccccc2c1Cl. The smallest absolute Gasteiger partial charge is 0.233 e. The highest BCUT2D eigenvalue weighted by atomic mass is 35.5. The lowest BCUT2D eigenvalue weighted by Gasteiger charge is -2.05. The maximum atomic E-state index is 11.4. The number of nitrogens with one attached hydrogen (secondary N) is 3. The summed E-state index contributed by atoms with van der Waals surface area (Å²) in [5.74, 6) is 0.00841. The number of amides is 1. The Balaban J connectivity index is 1.91. The van der Waals surface area contributed by atoms with Gasteiger partial charge in [0.2, 0.25) is 5.91 Å². The van der Waals surface area contributed by atoms with Crippen molar-refractivity contribution >= 4 is 28.4 Å². The summed E-state index contributed by atoms with van der Waals surface area (Å²) in [4.78, 5) is 14.7. The number of carbonyl (C=O) groups is 1. The summed E-state index contributed by atoms with van der Waals surface area (Å²) in [6, 6.07) is 7.88. The van der Waals surface area contributed by atoms with E-state index in [9.17, 15) is 4.79 Å². The van der Waals surface area contributed by atoms with Crippen LogP contribution in [0.4, 0.5) is 0 Å². The Morgan fingerprint density at radius 2 is 2.16 bits per heavy atom. The molecule has 102 valence electrons. The number of hydrogen-bond acceptors (Lipinski definition) is 2. The van der Waals surface area contributed by atoms with Crippen LogP contribution in [0.3, 0.4) is 0 Å². The maximum absolute atomic E-state index is 11.4. The van der Waals surface area contributed by atoms with E-state index < -0.39 is 0 Å². The molecule has 0 unspecified atom stereocenters. The molecule has 1 heterocycles. The number of hydrogen-bond donors (Lipinski definition) is 3. The van der Waals surface area contributed by atoms with E-state index in [2.05, 4.69) is 15.6 Å². The summed E-state index contributed by atoms with van der Waals surface area (Å²) >= 11 is 6.28. The lowest BCUT2D eigenvalue weighted by molar-refractivity contribution is -0.120. The zero-order chi connectivity index (χ0) is 13.7. The number of fused-ring (bicyclic) bond motifs is 1. The van der Waals surface area contributed by atoms with E-state index in [0.29, 0.717) is 19.6 Å². The zero-order valence-corrected chi connectivity index (χ0v) is 11.7. The van der Waals surface area contributed by atoms with Crippen molar-refractivity contribution in [1.29, 1.82) is 0 Å². The van der Waals surface area contributed by atoms with Crippen molar-refractivity contribution in [3.05, 3.63) is 35.0 Å². The Morgan fingerprint density at radius 1 is 1.37 bits per heavy atom. The van der Waals surface area contributed by atoms with Gasteiger partial charge in [-0.05, 0) is 12.5 Å². The van der Waals surface area contributed by atoms with Crippen LogP contribution in [0.25, 0.3) is 10.9 Å². The topological polar surface area (TPSA) is 56.9 Å². The predicted molar refractivity (Wildman–Crippen MR) is 78.3 cm³/mol. The fourth-order valence-corrected chi connectivity index (χ4v) is 2.19. The summed E-state index contributed by atoms with van der Waals surface area (Å²) in [5, 5.41) is 7.63. The fraction of sp³-hybridized carbons (Fsp3) is 0.357. The van der Waals surface area contributed by atoms with E-state index >= 15 is 0 Å². The summed E-state index contributed by atoms with van der Waals surface area (Å²) in [6.45, 7) is 3.59. The molecule has 0 saturated heterocycles. The molecule has 0 bridgehead atoms. The molecule has 2 aromatic rings. The van der Waals surface area contributed by atoms with Gasteiger partial charge in [-0.25, -0.2) is 0 Å². The van der Waals surface area contributed by atoms with Crippen LogP contribution in [0, 0.1) is 0 Å². The first-order valence-electron chi connectivity index (χ1n) is 6.45. The van der Waals surface area contributed by atoms with Crippen LogP contribution in [-0.2, 0) is 11.3 Å². The summed E-state index contributed by atoms with van der Waals surface area (Å²) in [7, 11) is 0. The van der Waals surface area contributed by atoms with Crippen LogP contribution in [0.1, 0.15) is 19.0 Å². The molecule has 0 saturated carbocycles. The highest BCUT2D eigenvalue weighted by Crippen LogP contribution is 2.26. The maximum Gasteiger partial charge on any atom is 0.233 e. The van der Waals surface area contributed by atoms with Crippen LogP contribution in [0.2, 0.25) is 5.02 Å². The Bertz CT molecular complexity index is 565. The van der Waals surface area contributed by atoms with Gasteiger partial charge >= 0.3 is 0 Å². The summed E-state index contributed by atoms with van der Waals surface area (Å²) in [6.07, 6.45) is 0.944. The molecular weight excluding hydrogens is 262 g/mol. The van der Waals surface area contributed by atoms with Crippen molar-refractivity contribution in [2.75, 3.05) is 13.1 Å². The first-order chi connectivity index (χ1) is 9.22. The van der Waals surface area contributed by atoms with Crippen LogP contribution in [0.15, 0.2) is 24.3 Å². The standard InChI is InChI=1S/C14H18ClN3O/c1-2-7-17-13(19)9-16-8-12-14(15)10-5-3-4-6-11(10)18-12/h3-6,16,18H,2,7-9H2,1H3,(H,17,19). The molecule has 0 radical (unpaired) electrons. The second-order valence-corrected chi connectivity index (χ2v) is 4.79. The molecule has 0 aliphatic heterocycles. The molecule has 3 N–H and O–H groups in total. The van der Waals surface area contributed by atoms with Crippen molar-refractivity contribution in [1.82, 2.24) is 15.6 Å². The average Bonchev–Trinajstić information content (AvgIpc) is 2.74. The molecule has 1 aromatic heterocycles. The Kier molecular flexibility index (Phi) is 4.82. The van der Waals surface area contributed by atoms with Crippen LogP contribution in [0.5, 0.6) is 0 Å². The molecule has 0 spiro atoms. The monoisotopic (exact) mass is 279 g/mol. The number of carbonyl (C=O) groups excluding carboxylic acids is 1. The van der Waals surface area contributed by atoms with Gasteiger partial charge in [-0.15, -0.1) is 0 Å². The highest BCUT2D eigenvalue weighted by molar-refractivity contribution is 6.36. The molecule has 0 aliphatic rings. The zero-order valence-electron chi connectivity index (χ0n) is 10.9. The minimum Gasteiger partial charge on any atom is -0.356 e. The van der Waals surface area contributed by atoms with E-state index in [0.717, 1.165) is 28.0 Å². The first kappa shape index (κ1) is 13.9. The van der Waals surface area contributed by atoms with Gasteiger partial charge in [0.1, 0.15) is 0 Å². The molecule has 4 nitrogen and oxygen atoms in total. The first-order valence-corrected chi connectivity index (χ1v) is 6.82. The number of benzene rings is 1. The van der Waals surface area contributed by atoms with Crippen LogP contribution in [-0.4, -0.2) is 24.0 Å². The molecule has 2 rings (SSSR count). The Labute approximate surface area is 117 Å². The molecule has 5 heteroatoms. The van der Waals surface area contributed by atoms with Crippen LogP contribution >= 0.6 is 11.6 Å². The van der Waals surface area contributed by atoms with Gasteiger partial charge in [-0.1, -0.05) is 36.7 Å². The Hall–Kier alpha value is -1.52. The highest BCUT2D eigenvalue weighted by Gasteiger charge is 2.08.